The van der Waals surface area contributed by atoms with Crippen LogP contribution in [-0.2, 0) is 4.74 Å². The third kappa shape index (κ3) is 5.15. The molecule has 1 rings (SSSR count). The van der Waals surface area contributed by atoms with Gasteiger partial charge in [-0.25, -0.2) is 0 Å². The van der Waals surface area contributed by atoms with Crippen LogP contribution in [0.2, 0.25) is 19.6 Å². The molecule has 0 bridgehead atoms. The van der Waals surface area contributed by atoms with Crippen LogP contribution in [0.1, 0.15) is 5.56 Å². The zero-order chi connectivity index (χ0) is 12.7. The maximum Gasteiger partial charge on any atom is 0.0772 e. The van der Waals surface area contributed by atoms with Crippen LogP contribution < -0.4 is 0 Å². The van der Waals surface area contributed by atoms with E-state index in [0.29, 0.717) is 6.61 Å². The van der Waals surface area contributed by atoms with Crippen molar-refractivity contribution >= 4 is 14.1 Å². The minimum Gasteiger partial charge on any atom is -0.381 e. The lowest BCUT2D eigenvalue weighted by Crippen LogP contribution is -2.23. The largest absolute Gasteiger partial charge is 0.381 e. The molecule has 0 fully saturated rings. The molecule has 0 saturated heterocycles. The molecular formula is C15H22OSi. The fourth-order valence-corrected chi connectivity index (χ4v) is 2.83. The van der Waals surface area contributed by atoms with Gasteiger partial charge in [0.05, 0.1) is 14.7 Å². The van der Waals surface area contributed by atoms with E-state index in [0.717, 1.165) is 0 Å². The molecule has 17 heavy (non-hydrogen) atoms. The van der Waals surface area contributed by atoms with E-state index in [2.05, 4.69) is 62.1 Å². The fraction of sp³-hybridized carbons (Fsp3) is 0.333. The number of benzene rings is 1. The van der Waals surface area contributed by atoms with Gasteiger partial charge in [-0.15, -0.1) is 0 Å². The summed E-state index contributed by atoms with van der Waals surface area (Å²) in [6.07, 6.45) is 6.62. The van der Waals surface area contributed by atoms with Crippen molar-refractivity contribution < 1.29 is 4.74 Å². The smallest absolute Gasteiger partial charge is 0.0772 e. The van der Waals surface area contributed by atoms with Gasteiger partial charge in [0.2, 0.25) is 0 Å². The summed E-state index contributed by atoms with van der Waals surface area (Å²) in [6, 6.07) is 10.4. The summed E-state index contributed by atoms with van der Waals surface area (Å²) in [6.45, 7) is 7.75. The quantitative estimate of drug-likeness (QED) is 0.560. The molecule has 2 heteroatoms. The van der Waals surface area contributed by atoms with Gasteiger partial charge in [-0.1, -0.05) is 73.4 Å². The van der Waals surface area contributed by atoms with E-state index in [-0.39, 0.29) is 0 Å². The van der Waals surface area contributed by atoms with Crippen LogP contribution in [-0.4, -0.2) is 21.8 Å². The lowest BCUT2D eigenvalue weighted by Gasteiger charge is -2.18. The Hall–Kier alpha value is -1.12. The maximum atomic E-state index is 5.13. The van der Waals surface area contributed by atoms with E-state index < -0.39 is 8.07 Å². The van der Waals surface area contributed by atoms with Crippen LogP contribution >= 0.6 is 0 Å². The van der Waals surface area contributed by atoms with E-state index in [1.807, 2.05) is 6.07 Å². The molecule has 0 aliphatic carbocycles. The van der Waals surface area contributed by atoms with Gasteiger partial charge in [0.15, 0.2) is 0 Å². The predicted molar refractivity (Wildman–Crippen MR) is 78.8 cm³/mol. The molecule has 1 aromatic carbocycles. The number of methoxy groups -OCH3 is 1. The molecule has 0 N–H and O–H groups in total. The topological polar surface area (TPSA) is 9.23 Å². The second-order valence-corrected chi connectivity index (χ2v) is 10.2. The van der Waals surface area contributed by atoms with Crippen LogP contribution in [0.15, 0.2) is 47.7 Å². The molecule has 1 aromatic rings. The molecular weight excluding hydrogens is 224 g/mol. The Balaban J connectivity index is 2.84. The van der Waals surface area contributed by atoms with Crippen LogP contribution in [0.4, 0.5) is 0 Å². The lowest BCUT2D eigenvalue weighted by molar-refractivity contribution is 0.233. The van der Waals surface area contributed by atoms with Crippen molar-refractivity contribution in [3.05, 3.63) is 53.2 Å². The van der Waals surface area contributed by atoms with Crippen LogP contribution in [0.3, 0.4) is 0 Å². The van der Waals surface area contributed by atoms with Crippen molar-refractivity contribution in [3.8, 4) is 0 Å². The summed E-state index contributed by atoms with van der Waals surface area (Å²) in [7, 11) is 0.452. The van der Waals surface area contributed by atoms with E-state index in [4.69, 9.17) is 4.74 Å². The lowest BCUT2D eigenvalue weighted by atomic mass is 10.2. The molecule has 0 aliphatic rings. The Bertz CT molecular complexity index is 385. The normalized spacial score (nSPS) is 13.3. The molecule has 0 unspecified atom stereocenters. The highest BCUT2D eigenvalue weighted by Crippen LogP contribution is 2.17. The van der Waals surface area contributed by atoms with Gasteiger partial charge in [-0.05, 0) is 5.56 Å². The van der Waals surface area contributed by atoms with Gasteiger partial charge in [-0.3, -0.25) is 0 Å². The predicted octanol–water partition coefficient (Wildman–Crippen LogP) is 4.15. The molecule has 0 aromatic heterocycles. The Morgan fingerprint density at radius 3 is 2.35 bits per heavy atom. The summed E-state index contributed by atoms with van der Waals surface area (Å²) in [5, 5.41) is 1.43. The standard InChI is InChI=1S/C15H22OSi/c1-16-13-12-15(17(2,3)4)11-10-14-8-6-5-7-9-14/h5-12H,13H2,1-4H3/b11-10+,15-12-. The molecule has 0 saturated carbocycles. The van der Waals surface area contributed by atoms with Crippen LogP contribution in [0.5, 0.6) is 0 Å². The molecule has 0 amide bonds. The fourth-order valence-electron chi connectivity index (χ4n) is 1.55. The molecule has 1 nitrogen and oxygen atoms in total. The van der Waals surface area contributed by atoms with Gasteiger partial charge in [0.25, 0.3) is 0 Å². The highest BCUT2D eigenvalue weighted by molar-refractivity contribution is 6.83. The summed E-state index contributed by atoms with van der Waals surface area (Å²) >= 11 is 0. The third-order valence-electron chi connectivity index (χ3n) is 2.59. The first-order valence-corrected chi connectivity index (χ1v) is 9.47. The van der Waals surface area contributed by atoms with Crippen molar-refractivity contribution in [2.75, 3.05) is 13.7 Å². The van der Waals surface area contributed by atoms with Crippen LogP contribution in [0.25, 0.3) is 6.08 Å². The molecule has 0 spiro atoms. The van der Waals surface area contributed by atoms with E-state index in [1.54, 1.807) is 7.11 Å². The van der Waals surface area contributed by atoms with Gasteiger partial charge in [0, 0.05) is 7.11 Å². The Kier molecular flexibility index (Phi) is 5.39. The molecule has 0 aliphatic heterocycles. The van der Waals surface area contributed by atoms with Gasteiger partial charge >= 0.3 is 0 Å². The van der Waals surface area contributed by atoms with Crippen molar-refractivity contribution in [1.82, 2.24) is 0 Å². The number of hydrogen-bond donors (Lipinski definition) is 0. The summed E-state index contributed by atoms with van der Waals surface area (Å²) in [4.78, 5) is 0. The number of ether oxygens (including phenoxy) is 1. The maximum absolute atomic E-state index is 5.13. The zero-order valence-electron chi connectivity index (χ0n) is 11.2. The highest BCUT2D eigenvalue weighted by atomic mass is 28.3. The van der Waals surface area contributed by atoms with E-state index in [1.165, 1.54) is 10.8 Å². The van der Waals surface area contributed by atoms with Crippen molar-refractivity contribution in [2.24, 2.45) is 0 Å². The number of rotatable bonds is 5. The molecule has 0 radical (unpaired) electrons. The first-order chi connectivity index (χ1) is 8.04. The minimum atomic E-state index is -1.28. The third-order valence-corrected chi connectivity index (χ3v) is 4.69. The SMILES string of the molecule is COC/C=C(/C=C/c1ccccc1)[Si](C)(C)C. The zero-order valence-corrected chi connectivity index (χ0v) is 12.2. The van der Waals surface area contributed by atoms with Gasteiger partial charge in [0.1, 0.15) is 0 Å². The van der Waals surface area contributed by atoms with E-state index >= 15 is 0 Å². The van der Waals surface area contributed by atoms with Crippen molar-refractivity contribution in [1.29, 1.82) is 0 Å². The molecule has 92 valence electrons. The average Bonchev–Trinajstić information content (AvgIpc) is 2.29. The van der Waals surface area contributed by atoms with Crippen LogP contribution in [0, 0.1) is 0 Å². The van der Waals surface area contributed by atoms with Gasteiger partial charge < -0.3 is 4.74 Å². The summed E-state index contributed by atoms with van der Waals surface area (Å²) < 4.78 is 5.13. The summed E-state index contributed by atoms with van der Waals surface area (Å²) in [5.41, 5.74) is 1.24. The van der Waals surface area contributed by atoms with Crippen molar-refractivity contribution in [3.63, 3.8) is 0 Å². The highest BCUT2D eigenvalue weighted by Gasteiger charge is 2.16. The second kappa shape index (κ2) is 6.57. The Labute approximate surface area is 106 Å². The molecule has 0 atom stereocenters. The Morgan fingerprint density at radius 1 is 1.18 bits per heavy atom. The number of allylic oxidation sites excluding steroid dienone is 2. The first-order valence-electron chi connectivity index (χ1n) is 5.97. The molecule has 0 heterocycles. The van der Waals surface area contributed by atoms with Gasteiger partial charge in [-0.2, -0.15) is 0 Å². The second-order valence-electron chi connectivity index (χ2n) is 5.11. The monoisotopic (exact) mass is 246 g/mol. The average molecular weight is 246 g/mol. The van der Waals surface area contributed by atoms with E-state index in [9.17, 15) is 0 Å². The van der Waals surface area contributed by atoms with Crippen molar-refractivity contribution in [2.45, 2.75) is 19.6 Å². The first kappa shape index (κ1) is 13.9. The summed E-state index contributed by atoms with van der Waals surface area (Å²) in [5.74, 6) is 0. The minimum absolute atomic E-state index is 0.693. The Morgan fingerprint density at radius 2 is 1.82 bits per heavy atom. The number of hydrogen-bond acceptors (Lipinski definition) is 1.